The lowest BCUT2D eigenvalue weighted by atomic mass is 9.94. The molecule has 158 valence electrons. The normalized spacial score (nSPS) is 25.7. The lowest BCUT2D eigenvalue weighted by molar-refractivity contribution is -0.148. The molecular weight excluding hydrogens is 448 g/mol. The Kier molecular flexibility index (Phi) is 5.36. The number of nitrogens with zero attached hydrogens (tertiary/aromatic N) is 5. The molecule has 1 saturated heterocycles. The average molecular weight is 467 g/mol. The highest BCUT2D eigenvalue weighted by Gasteiger charge is 2.60. The summed E-state index contributed by atoms with van der Waals surface area (Å²) < 4.78 is 1.52. The van der Waals surface area contributed by atoms with Crippen molar-refractivity contribution in [3.8, 4) is 0 Å². The number of β-lactam (4-membered cyclic amide) rings is 1. The zero-order valence-corrected chi connectivity index (χ0v) is 18.7. The smallest absolute Gasteiger partial charge is 0.353 e. The number of tetrazole rings is 1. The quantitative estimate of drug-likeness (QED) is 0.611. The van der Waals surface area contributed by atoms with Crippen LogP contribution in [0.15, 0.2) is 33.3 Å². The summed E-state index contributed by atoms with van der Waals surface area (Å²) in [4.78, 5) is 38.7. The SMILES string of the molecule is CCn1nnnc1SC1=C(C(=O)O)N2C(=O)C(c3cccs3)[C@H]2SC1(C)NC(C)=O. The average Bonchev–Trinajstić information content (AvgIpc) is 3.34. The topological polar surface area (TPSA) is 130 Å². The maximum Gasteiger partial charge on any atom is 0.353 e. The molecule has 0 aromatic carbocycles. The van der Waals surface area contributed by atoms with E-state index in [1.807, 2.05) is 24.4 Å². The molecule has 30 heavy (non-hydrogen) atoms. The van der Waals surface area contributed by atoms with Crippen molar-refractivity contribution in [1.82, 2.24) is 30.4 Å². The third-order valence-corrected chi connectivity index (χ3v) is 8.61. The zero-order chi connectivity index (χ0) is 21.6. The van der Waals surface area contributed by atoms with Crippen molar-refractivity contribution < 1.29 is 19.5 Å². The van der Waals surface area contributed by atoms with Gasteiger partial charge in [0.05, 0.1) is 4.91 Å². The number of aryl methyl sites for hydroxylation is 1. The Hall–Kier alpha value is -2.38. The van der Waals surface area contributed by atoms with Gasteiger partial charge in [0.15, 0.2) is 0 Å². The van der Waals surface area contributed by atoms with Gasteiger partial charge in [-0.05, 0) is 47.5 Å². The molecular formula is C17H18N6O4S3. The molecule has 3 atom stereocenters. The first-order chi connectivity index (χ1) is 14.3. The highest BCUT2D eigenvalue weighted by atomic mass is 32.2. The van der Waals surface area contributed by atoms with Crippen LogP contribution in [0.1, 0.15) is 31.6 Å². The number of fused-ring (bicyclic) bond motifs is 1. The number of carboxylic acids is 1. The van der Waals surface area contributed by atoms with Crippen LogP contribution in [0.3, 0.4) is 0 Å². The van der Waals surface area contributed by atoms with E-state index in [-0.39, 0.29) is 17.5 Å². The van der Waals surface area contributed by atoms with Gasteiger partial charge in [0.1, 0.15) is 21.9 Å². The van der Waals surface area contributed by atoms with Crippen LogP contribution < -0.4 is 5.32 Å². The van der Waals surface area contributed by atoms with Crippen molar-refractivity contribution in [3.63, 3.8) is 0 Å². The van der Waals surface area contributed by atoms with Gasteiger partial charge in [0, 0.05) is 18.3 Å². The monoisotopic (exact) mass is 466 g/mol. The van der Waals surface area contributed by atoms with Crippen LogP contribution in [0.4, 0.5) is 0 Å². The van der Waals surface area contributed by atoms with Gasteiger partial charge in [-0.25, -0.2) is 9.48 Å². The molecule has 0 radical (unpaired) electrons. The van der Waals surface area contributed by atoms with E-state index in [1.54, 1.807) is 6.92 Å². The fourth-order valence-electron chi connectivity index (χ4n) is 3.51. The largest absolute Gasteiger partial charge is 0.477 e. The van der Waals surface area contributed by atoms with Crippen molar-refractivity contribution in [2.75, 3.05) is 0 Å². The molecule has 2 unspecified atom stereocenters. The van der Waals surface area contributed by atoms with E-state index in [9.17, 15) is 19.5 Å². The summed E-state index contributed by atoms with van der Waals surface area (Å²) in [5.74, 6) is -2.28. The van der Waals surface area contributed by atoms with Gasteiger partial charge in [0.25, 0.3) is 0 Å². The number of carbonyl (C=O) groups excluding carboxylic acids is 2. The molecule has 0 aliphatic carbocycles. The van der Waals surface area contributed by atoms with Crippen LogP contribution in [-0.4, -0.2) is 58.2 Å². The summed E-state index contributed by atoms with van der Waals surface area (Å²) >= 11 is 3.85. The Labute approximate surface area is 184 Å². The van der Waals surface area contributed by atoms with Crippen LogP contribution in [-0.2, 0) is 20.9 Å². The second-order valence-corrected chi connectivity index (χ2v) is 10.3. The molecule has 2 amide bonds. The predicted molar refractivity (Wildman–Crippen MR) is 112 cm³/mol. The molecule has 0 spiro atoms. The lowest BCUT2D eigenvalue weighted by Gasteiger charge is -2.54. The Morgan fingerprint density at radius 1 is 1.43 bits per heavy atom. The third kappa shape index (κ3) is 3.30. The van der Waals surface area contributed by atoms with Gasteiger partial charge in [-0.15, -0.1) is 28.2 Å². The van der Waals surface area contributed by atoms with Gasteiger partial charge in [-0.2, -0.15) is 0 Å². The number of hydrogen-bond donors (Lipinski definition) is 2. The van der Waals surface area contributed by atoms with Crippen molar-refractivity contribution in [2.45, 2.75) is 48.6 Å². The first-order valence-corrected chi connectivity index (χ1v) is 11.6. The highest BCUT2D eigenvalue weighted by Crippen LogP contribution is 2.57. The van der Waals surface area contributed by atoms with Crippen LogP contribution >= 0.6 is 34.9 Å². The number of carboxylic acid groups (broad SMARTS) is 1. The van der Waals surface area contributed by atoms with Crippen molar-refractivity contribution >= 4 is 52.6 Å². The molecule has 2 aromatic heterocycles. The van der Waals surface area contributed by atoms with Crippen LogP contribution in [0.2, 0.25) is 0 Å². The summed E-state index contributed by atoms with van der Waals surface area (Å²) in [6, 6.07) is 3.72. The minimum atomic E-state index is -1.24. The Bertz CT molecular complexity index is 1050. The Morgan fingerprint density at radius 2 is 2.20 bits per heavy atom. The van der Waals surface area contributed by atoms with Crippen molar-refractivity contribution in [3.05, 3.63) is 33.0 Å². The van der Waals surface area contributed by atoms with Gasteiger partial charge in [-0.3, -0.25) is 14.5 Å². The minimum absolute atomic E-state index is 0.150. The van der Waals surface area contributed by atoms with E-state index >= 15 is 0 Å². The fraction of sp³-hybridized carbons (Fsp3) is 0.412. The summed E-state index contributed by atoms with van der Waals surface area (Å²) in [6.07, 6.45) is 0. The molecule has 4 rings (SSSR count). The molecule has 0 saturated carbocycles. The molecule has 0 bridgehead atoms. The molecule has 2 N–H and O–H groups in total. The minimum Gasteiger partial charge on any atom is -0.477 e. The van der Waals surface area contributed by atoms with Gasteiger partial charge < -0.3 is 10.4 Å². The maximum absolute atomic E-state index is 13.0. The second kappa shape index (κ2) is 7.71. The highest BCUT2D eigenvalue weighted by molar-refractivity contribution is 8.07. The van der Waals surface area contributed by atoms with Crippen LogP contribution in [0.25, 0.3) is 0 Å². The molecule has 4 heterocycles. The number of thioether (sulfide) groups is 2. The standard InChI is InChI=1S/C17H18N6O4S3/c1-4-22-16(19-20-21-22)29-12-11(15(26)27)23-13(25)10(9-6-5-7-28-9)14(23)30-17(12,3)18-8(2)24/h5-7,10,14H,4H2,1-3H3,(H,18,24)(H,26,27)/t10?,14-,17?/m1/s1. The molecule has 2 aliphatic rings. The lowest BCUT2D eigenvalue weighted by Crippen LogP contribution is -2.64. The third-order valence-electron chi connectivity index (χ3n) is 4.75. The summed E-state index contributed by atoms with van der Waals surface area (Å²) in [6.45, 7) is 5.46. The maximum atomic E-state index is 13.0. The number of aliphatic carboxylic acids is 1. The van der Waals surface area contributed by atoms with Crippen LogP contribution in [0.5, 0.6) is 0 Å². The zero-order valence-electron chi connectivity index (χ0n) is 16.2. The first-order valence-electron chi connectivity index (χ1n) is 9.02. The number of rotatable bonds is 6. The van der Waals surface area contributed by atoms with Crippen molar-refractivity contribution in [2.24, 2.45) is 0 Å². The summed E-state index contributed by atoms with van der Waals surface area (Å²) in [5, 5.41) is 26.2. The van der Waals surface area contributed by atoms with Gasteiger partial charge >= 0.3 is 5.97 Å². The Morgan fingerprint density at radius 3 is 2.80 bits per heavy atom. The van der Waals surface area contributed by atoms with E-state index in [1.165, 1.54) is 39.6 Å². The number of carbonyl (C=O) groups is 3. The van der Waals surface area contributed by atoms with Crippen LogP contribution in [0, 0.1) is 0 Å². The van der Waals surface area contributed by atoms with E-state index in [0.717, 1.165) is 16.6 Å². The first kappa shape index (κ1) is 20.9. The predicted octanol–water partition coefficient (Wildman–Crippen LogP) is 1.69. The molecule has 10 nitrogen and oxygen atoms in total. The molecule has 1 fully saturated rings. The van der Waals surface area contributed by atoms with Gasteiger partial charge in [0.2, 0.25) is 17.0 Å². The number of thiophene rings is 1. The van der Waals surface area contributed by atoms with E-state index in [2.05, 4.69) is 20.8 Å². The van der Waals surface area contributed by atoms with E-state index in [0.29, 0.717) is 16.6 Å². The second-order valence-electron chi connectivity index (χ2n) is 6.79. The molecule has 2 aliphatic heterocycles. The Balaban J connectivity index is 1.83. The van der Waals surface area contributed by atoms with Crippen molar-refractivity contribution in [1.29, 1.82) is 0 Å². The van der Waals surface area contributed by atoms with E-state index < -0.39 is 22.1 Å². The number of aromatic nitrogens is 4. The number of nitrogens with one attached hydrogen (secondary N) is 1. The summed E-state index contributed by atoms with van der Waals surface area (Å²) in [7, 11) is 0. The number of hydrogen-bond acceptors (Lipinski definition) is 9. The van der Waals surface area contributed by atoms with E-state index in [4.69, 9.17) is 0 Å². The summed E-state index contributed by atoms with van der Waals surface area (Å²) in [5.41, 5.74) is -0.150. The number of amides is 2. The van der Waals surface area contributed by atoms with Gasteiger partial charge in [-0.1, -0.05) is 6.07 Å². The molecule has 2 aromatic rings. The molecule has 13 heteroatoms. The fourth-order valence-corrected chi connectivity index (χ4v) is 7.38.